The van der Waals surface area contributed by atoms with E-state index in [4.69, 9.17) is 11.6 Å². The first-order valence-corrected chi connectivity index (χ1v) is 8.25. The largest absolute Gasteiger partial charge is 0.243 e. The minimum Gasteiger partial charge on any atom is -0.207 e. The van der Waals surface area contributed by atoms with Crippen LogP contribution in [0.1, 0.15) is 30.9 Å². The molecule has 0 saturated carbocycles. The molecule has 0 atom stereocenters. The fraction of sp³-hybridized carbons (Fsp3) is 0.538. The van der Waals surface area contributed by atoms with E-state index in [0.717, 1.165) is 30.4 Å². The number of hydrogen-bond donors (Lipinski definition) is 0. The van der Waals surface area contributed by atoms with Crippen LogP contribution in [0, 0.1) is 0 Å². The molecular weight excluding hydrogens is 270 g/mol. The molecular formula is C13H18ClNO2S. The normalized spacial score (nSPS) is 17.2. The summed E-state index contributed by atoms with van der Waals surface area (Å²) >= 11 is 5.88. The SMILES string of the molecule is CCc1ccc(S(=O)(=O)N2CCCC2)cc1CCl. The Hall–Kier alpha value is -0.580. The van der Waals surface area contributed by atoms with Gasteiger partial charge < -0.3 is 0 Å². The van der Waals surface area contributed by atoms with Gasteiger partial charge in [0.25, 0.3) is 0 Å². The van der Waals surface area contributed by atoms with Crippen molar-refractivity contribution in [2.45, 2.75) is 37.0 Å². The topological polar surface area (TPSA) is 37.4 Å². The van der Waals surface area contributed by atoms with E-state index in [9.17, 15) is 8.42 Å². The molecule has 18 heavy (non-hydrogen) atoms. The number of benzene rings is 1. The molecule has 3 nitrogen and oxygen atoms in total. The Morgan fingerprint density at radius 3 is 2.44 bits per heavy atom. The number of alkyl halides is 1. The van der Waals surface area contributed by atoms with E-state index in [1.54, 1.807) is 16.4 Å². The Morgan fingerprint density at radius 2 is 1.89 bits per heavy atom. The smallest absolute Gasteiger partial charge is 0.207 e. The van der Waals surface area contributed by atoms with Gasteiger partial charge in [0.1, 0.15) is 0 Å². The van der Waals surface area contributed by atoms with E-state index in [0.29, 0.717) is 23.9 Å². The van der Waals surface area contributed by atoms with Crippen molar-refractivity contribution >= 4 is 21.6 Å². The Morgan fingerprint density at radius 1 is 1.22 bits per heavy atom. The van der Waals surface area contributed by atoms with Crippen LogP contribution in [-0.2, 0) is 22.3 Å². The van der Waals surface area contributed by atoms with Crippen LogP contribution in [0.4, 0.5) is 0 Å². The first-order chi connectivity index (χ1) is 8.59. The second-order valence-electron chi connectivity index (χ2n) is 4.53. The quantitative estimate of drug-likeness (QED) is 0.799. The second kappa shape index (κ2) is 5.59. The van der Waals surface area contributed by atoms with E-state index < -0.39 is 10.0 Å². The Kier molecular flexibility index (Phi) is 4.30. The van der Waals surface area contributed by atoms with Gasteiger partial charge in [-0.05, 0) is 42.5 Å². The zero-order valence-electron chi connectivity index (χ0n) is 10.5. The lowest BCUT2D eigenvalue weighted by Crippen LogP contribution is -2.27. The summed E-state index contributed by atoms with van der Waals surface area (Å²) in [4.78, 5) is 0.372. The van der Waals surface area contributed by atoms with Crippen molar-refractivity contribution in [3.63, 3.8) is 0 Å². The molecule has 0 bridgehead atoms. The fourth-order valence-corrected chi connectivity index (χ4v) is 4.13. The van der Waals surface area contributed by atoms with Crippen molar-refractivity contribution < 1.29 is 8.42 Å². The van der Waals surface area contributed by atoms with Crippen LogP contribution in [0.15, 0.2) is 23.1 Å². The van der Waals surface area contributed by atoms with Gasteiger partial charge in [0.15, 0.2) is 0 Å². The van der Waals surface area contributed by atoms with Gasteiger partial charge in [-0.1, -0.05) is 13.0 Å². The predicted molar refractivity (Wildman–Crippen MR) is 73.4 cm³/mol. The Balaban J connectivity index is 2.38. The monoisotopic (exact) mass is 287 g/mol. The number of nitrogens with zero attached hydrogens (tertiary/aromatic N) is 1. The number of aryl methyl sites for hydroxylation is 1. The van der Waals surface area contributed by atoms with E-state index in [2.05, 4.69) is 0 Å². The highest BCUT2D eigenvalue weighted by atomic mass is 35.5. The summed E-state index contributed by atoms with van der Waals surface area (Å²) < 4.78 is 26.3. The number of hydrogen-bond acceptors (Lipinski definition) is 2. The molecule has 100 valence electrons. The standard InChI is InChI=1S/C13H18ClNO2S/c1-2-11-5-6-13(9-12(11)10-14)18(16,17)15-7-3-4-8-15/h5-6,9H,2-4,7-8,10H2,1H3. The molecule has 0 amide bonds. The molecule has 0 radical (unpaired) electrons. The zero-order valence-corrected chi connectivity index (χ0v) is 12.1. The summed E-state index contributed by atoms with van der Waals surface area (Å²) in [6, 6.07) is 5.29. The average molecular weight is 288 g/mol. The first-order valence-electron chi connectivity index (χ1n) is 6.27. The summed E-state index contributed by atoms with van der Waals surface area (Å²) in [7, 11) is -3.32. The summed E-state index contributed by atoms with van der Waals surface area (Å²) in [6.07, 6.45) is 2.77. The number of sulfonamides is 1. The van der Waals surface area contributed by atoms with E-state index >= 15 is 0 Å². The van der Waals surface area contributed by atoms with Crippen molar-refractivity contribution in [2.75, 3.05) is 13.1 Å². The minimum atomic E-state index is -3.32. The maximum absolute atomic E-state index is 12.4. The number of rotatable bonds is 4. The fourth-order valence-electron chi connectivity index (χ4n) is 2.31. The van der Waals surface area contributed by atoms with Gasteiger partial charge in [0, 0.05) is 19.0 Å². The van der Waals surface area contributed by atoms with E-state index in [1.807, 2.05) is 13.0 Å². The lowest BCUT2D eigenvalue weighted by Gasteiger charge is -2.16. The third kappa shape index (κ3) is 2.56. The molecule has 5 heteroatoms. The van der Waals surface area contributed by atoms with Crippen molar-refractivity contribution in [2.24, 2.45) is 0 Å². The van der Waals surface area contributed by atoms with Crippen LogP contribution in [-0.4, -0.2) is 25.8 Å². The Bertz CT molecular complexity index is 522. The maximum atomic E-state index is 12.4. The van der Waals surface area contributed by atoms with Gasteiger partial charge in [-0.3, -0.25) is 0 Å². The number of halogens is 1. The highest BCUT2D eigenvalue weighted by molar-refractivity contribution is 7.89. The first kappa shape index (κ1) is 13.8. The summed E-state index contributed by atoms with van der Waals surface area (Å²) in [5.74, 6) is 0.354. The van der Waals surface area contributed by atoms with Crippen LogP contribution >= 0.6 is 11.6 Å². The summed E-state index contributed by atoms with van der Waals surface area (Å²) in [5, 5.41) is 0. The van der Waals surface area contributed by atoms with Gasteiger partial charge in [-0.15, -0.1) is 11.6 Å². The molecule has 1 saturated heterocycles. The van der Waals surface area contributed by atoms with Crippen LogP contribution in [0.25, 0.3) is 0 Å². The second-order valence-corrected chi connectivity index (χ2v) is 6.73. The predicted octanol–water partition coefficient (Wildman–Crippen LogP) is 2.77. The molecule has 0 N–H and O–H groups in total. The van der Waals surface area contributed by atoms with Gasteiger partial charge in [0.05, 0.1) is 4.90 Å². The molecule has 1 fully saturated rings. The molecule has 0 aromatic heterocycles. The molecule has 1 aromatic carbocycles. The van der Waals surface area contributed by atoms with Crippen LogP contribution in [0.2, 0.25) is 0 Å². The molecule has 1 aliphatic heterocycles. The average Bonchev–Trinajstić information content (AvgIpc) is 2.92. The summed E-state index contributed by atoms with van der Waals surface area (Å²) in [5.41, 5.74) is 2.03. The molecule has 1 heterocycles. The lowest BCUT2D eigenvalue weighted by atomic mass is 10.1. The lowest BCUT2D eigenvalue weighted by molar-refractivity contribution is 0.477. The third-order valence-corrected chi connectivity index (χ3v) is 5.59. The highest BCUT2D eigenvalue weighted by Crippen LogP contribution is 2.24. The maximum Gasteiger partial charge on any atom is 0.243 e. The molecule has 1 aromatic rings. The molecule has 1 aliphatic rings. The van der Waals surface area contributed by atoms with Crippen molar-refractivity contribution in [3.05, 3.63) is 29.3 Å². The van der Waals surface area contributed by atoms with E-state index in [-0.39, 0.29) is 0 Å². The van der Waals surface area contributed by atoms with Crippen molar-refractivity contribution in [1.82, 2.24) is 4.31 Å². The Labute approximate surface area is 114 Å². The molecule has 2 rings (SSSR count). The minimum absolute atomic E-state index is 0.354. The van der Waals surface area contributed by atoms with Gasteiger partial charge in [-0.25, -0.2) is 8.42 Å². The van der Waals surface area contributed by atoms with Crippen LogP contribution < -0.4 is 0 Å². The van der Waals surface area contributed by atoms with Crippen molar-refractivity contribution in [1.29, 1.82) is 0 Å². The molecule has 0 unspecified atom stereocenters. The van der Waals surface area contributed by atoms with Crippen molar-refractivity contribution in [3.8, 4) is 0 Å². The van der Waals surface area contributed by atoms with Crippen LogP contribution in [0.3, 0.4) is 0 Å². The highest BCUT2D eigenvalue weighted by Gasteiger charge is 2.27. The van der Waals surface area contributed by atoms with Crippen LogP contribution in [0.5, 0.6) is 0 Å². The molecule has 0 spiro atoms. The summed E-state index contributed by atoms with van der Waals surface area (Å²) in [6.45, 7) is 3.31. The van der Waals surface area contributed by atoms with Gasteiger partial charge >= 0.3 is 0 Å². The van der Waals surface area contributed by atoms with E-state index in [1.165, 1.54) is 0 Å². The molecule has 0 aliphatic carbocycles. The van der Waals surface area contributed by atoms with Gasteiger partial charge in [0.2, 0.25) is 10.0 Å². The third-order valence-electron chi connectivity index (χ3n) is 3.41. The van der Waals surface area contributed by atoms with Gasteiger partial charge in [-0.2, -0.15) is 4.31 Å². The zero-order chi connectivity index (χ0) is 13.2.